The zero-order chi connectivity index (χ0) is 14.2. The number of halogens is 1. The molecule has 0 radical (unpaired) electrons. The maximum Gasteiger partial charge on any atom is 0.238 e. The highest BCUT2D eigenvalue weighted by Gasteiger charge is 2.09. The van der Waals surface area contributed by atoms with Crippen molar-refractivity contribution in [3.05, 3.63) is 29.8 Å². The molecule has 0 spiro atoms. The Bertz CT molecular complexity index is 421. The van der Waals surface area contributed by atoms with Crippen molar-refractivity contribution in [1.82, 2.24) is 10.2 Å². The van der Waals surface area contributed by atoms with Gasteiger partial charge in [-0.05, 0) is 31.2 Å². The van der Waals surface area contributed by atoms with E-state index < -0.39 is 0 Å². The highest BCUT2D eigenvalue weighted by atomic mass is 35.5. The second-order valence-electron chi connectivity index (χ2n) is 4.98. The maximum absolute atomic E-state index is 11.4. The Kier molecular flexibility index (Phi) is 8.76. The summed E-state index contributed by atoms with van der Waals surface area (Å²) in [7, 11) is 1.77. The van der Waals surface area contributed by atoms with Crippen molar-refractivity contribution in [2.75, 3.05) is 50.0 Å². The first-order valence-corrected chi connectivity index (χ1v) is 8.27. The third kappa shape index (κ3) is 6.70. The monoisotopic (exact) mass is 329 g/mol. The summed E-state index contributed by atoms with van der Waals surface area (Å²) in [5.74, 6) is 2.51. The number of amides is 1. The molecule has 1 aliphatic rings. The molecule has 4 nitrogen and oxygen atoms in total. The molecular weight excluding hydrogens is 306 g/mol. The van der Waals surface area contributed by atoms with Crippen molar-refractivity contribution in [2.24, 2.45) is 0 Å². The SMILES string of the molecule is CNCC(=O)Nc1ccc(CCN2CCSCC2)cc1.Cl. The Morgan fingerprint density at radius 1 is 1.24 bits per heavy atom. The van der Waals surface area contributed by atoms with Gasteiger partial charge in [-0.3, -0.25) is 4.79 Å². The number of benzene rings is 1. The lowest BCUT2D eigenvalue weighted by Gasteiger charge is -2.26. The number of rotatable bonds is 6. The lowest BCUT2D eigenvalue weighted by molar-refractivity contribution is -0.115. The van der Waals surface area contributed by atoms with Crippen molar-refractivity contribution in [3.8, 4) is 0 Å². The van der Waals surface area contributed by atoms with Crippen molar-refractivity contribution in [1.29, 1.82) is 0 Å². The third-order valence-electron chi connectivity index (χ3n) is 3.40. The van der Waals surface area contributed by atoms with Gasteiger partial charge in [0, 0.05) is 36.8 Å². The van der Waals surface area contributed by atoms with Crippen LogP contribution in [0.2, 0.25) is 0 Å². The molecule has 1 aromatic carbocycles. The van der Waals surface area contributed by atoms with Crippen molar-refractivity contribution >= 4 is 35.8 Å². The van der Waals surface area contributed by atoms with Gasteiger partial charge in [0.05, 0.1) is 6.54 Å². The number of hydrogen-bond donors (Lipinski definition) is 2. The summed E-state index contributed by atoms with van der Waals surface area (Å²) >= 11 is 2.04. The van der Waals surface area contributed by atoms with Crippen LogP contribution in [0, 0.1) is 0 Å². The van der Waals surface area contributed by atoms with Gasteiger partial charge in [-0.1, -0.05) is 12.1 Å². The van der Waals surface area contributed by atoms with E-state index in [1.807, 2.05) is 23.9 Å². The van der Waals surface area contributed by atoms with E-state index in [0.29, 0.717) is 6.54 Å². The van der Waals surface area contributed by atoms with Gasteiger partial charge >= 0.3 is 0 Å². The number of carbonyl (C=O) groups is 1. The Hall–Kier alpha value is -0.750. The number of thioether (sulfide) groups is 1. The molecule has 0 aliphatic carbocycles. The van der Waals surface area contributed by atoms with E-state index in [1.165, 1.54) is 30.2 Å². The summed E-state index contributed by atoms with van der Waals surface area (Å²) < 4.78 is 0. The molecule has 2 rings (SSSR count). The first kappa shape index (κ1) is 18.3. The van der Waals surface area contributed by atoms with E-state index in [9.17, 15) is 4.79 Å². The largest absolute Gasteiger partial charge is 0.325 e. The van der Waals surface area contributed by atoms with Crippen LogP contribution in [-0.2, 0) is 11.2 Å². The summed E-state index contributed by atoms with van der Waals surface area (Å²) in [4.78, 5) is 14.0. The van der Waals surface area contributed by atoms with Gasteiger partial charge in [-0.15, -0.1) is 12.4 Å². The average molecular weight is 330 g/mol. The van der Waals surface area contributed by atoms with Crippen LogP contribution in [-0.4, -0.2) is 55.5 Å². The van der Waals surface area contributed by atoms with Crippen LogP contribution < -0.4 is 10.6 Å². The fourth-order valence-corrected chi connectivity index (χ4v) is 3.21. The number of nitrogens with one attached hydrogen (secondary N) is 2. The second-order valence-corrected chi connectivity index (χ2v) is 6.20. The van der Waals surface area contributed by atoms with Crippen LogP contribution in [0.15, 0.2) is 24.3 Å². The van der Waals surface area contributed by atoms with Gasteiger partial charge in [0.25, 0.3) is 0 Å². The molecule has 0 atom stereocenters. The fourth-order valence-electron chi connectivity index (χ4n) is 2.23. The van der Waals surface area contributed by atoms with Gasteiger partial charge < -0.3 is 15.5 Å². The van der Waals surface area contributed by atoms with Crippen LogP contribution in [0.5, 0.6) is 0 Å². The zero-order valence-corrected chi connectivity index (χ0v) is 14.1. The Morgan fingerprint density at radius 2 is 1.90 bits per heavy atom. The summed E-state index contributed by atoms with van der Waals surface area (Å²) in [5.41, 5.74) is 2.19. The zero-order valence-electron chi connectivity index (χ0n) is 12.4. The van der Waals surface area contributed by atoms with E-state index >= 15 is 0 Å². The minimum Gasteiger partial charge on any atom is -0.325 e. The van der Waals surface area contributed by atoms with Gasteiger partial charge in [-0.25, -0.2) is 0 Å². The van der Waals surface area contributed by atoms with Gasteiger partial charge in [0.1, 0.15) is 0 Å². The molecule has 1 amide bonds. The Balaban J connectivity index is 0.00000220. The molecule has 1 aromatic rings. The van der Waals surface area contributed by atoms with Crippen LogP contribution in [0.1, 0.15) is 5.56 Å². The molecular formula is C15H24ClN3OS. The molecule has 0 unspecified atom stereocenters. The van der Waals surface area contributed by atoms with E-state index in [4.69, 9.17) is 0 Å². The van der Waals surface area contributed by atoms with Crippen LogP contribution >= 0.6 is 24.2 Å². The number of nitrogens with zero attached hydrogens (tertiary/aromatic N) is 1. The molecule has 0 saturated carbocycles. The highest BCUT2D eigenvalue weighted by molar-refractivity contribution is 7.99. The van der Waals surface area contributed by atoms with Crippen LogP contribution in [0.25, 0.3) is 0 Å². The molecule has 1 fully saturated rings. The minimum atomic E-state index is -0.00827. The Morgan fingerprint density at radius 3 is 2.52 bits per heavy atom. The van der Waals surface area contributed by atoms with Crippen molar-refractivity contribution in [2.45, 2.75) is 6.42 Å². The summed E-state index contributed by atoms with van der Waals surface area (Å²) in [6.07, 6.45) is 1.08. The summed E-state index contributed by atoms with van der Waals surface area (Å²) in [5, 5.41) is 5.70. The lowest BCUT2D eigenvalue weighted by Crippen LogP contribution is -2.34. The molecule has 6 heteroatoms. The highest BCUT2D eigenvalue weighted by Crippen LogP contribution is 2.12. The molecule has 21 heavy (non-hydrogen) atoms. The quantitative estimate of drug-likeness (QED) is 0.836. The lowest BCUT2D eigenvalue weighted by atomic mass is 10.1. The summed E-state index contributed by atoms with van der Waals surface area (Å²) in [6, 6.07) is 8.17. The average Bonchev–Trinajstić information content (AvgIpc) is 2.48. The number of likely N-dealkylation sites (N-methyl/N-ethyl adjacent to an activating group) is 1. The van der Waals surface area contributed by atoms with Crippen molar-refractivity contribution in [3.63, 3.8) is 0 Å². The minimum absolute atomic E-state index is 0. The van der Waals surface area contributed by atoms with Crippen LogP contribution in [0.3, 0.4) is 0 Å². The van der Waals surface area contributed by atoms with Gasteiger partial charge in [0.15, 0.2) is 0 Å². The first-order valence-electron chi connectivity index (χ1n) is 7.11. The normalized spacial score (nSPS) is 15.3. The second kappa shape index (κ2) is 10.1. The predicted molar refractivity (Wildman–Crippen MR) is 93.7 cm³/mol. The standard InChI is InChI=1S/C15H23N3OS.ClH/c1-16-12-15(19)17-14-4-2-13(3-5-14)6-7-18-8-10-20-11-9-18;/h2-5,16H,6-12H2,1H3,(H,17,19);1H. The van der Waals surface area contributed by atoms with Gasteiger partial charge in [-0.2, -0.15) is 11.8 Å². The van der Waals surface area contributed by atoms with E-state index in [1.54, 1.807) is 7.05 Å². The number of carbonyl (C=O) groups excluding carboxylic acids is 1. The molecule has 2 N–H and O–H groups in total. The van der Waals surface area contributed by atoms with Crippen molar-refractivity contribution < 1.29 is 4.79 Å². The van der Waals surface area contributed by atoms with E-state index in [0.717, 1.165) is 18.7 Å². The molecule has 1 aliphatic heterocycles. The summed E-state index contributed by atoms with van der Waals surface area (Å²) in [6.45, 7) is 3.90. The maximum atomic E-state index is 11.4. The van der Waals surface area contributed by atoms with E-state index in [2.05, 4.69) is 27.7 Å². The molecule has 0 aromatic heterocycles. The van der Waals surface area contributed by atoms with Gasteiger partial charge in [0.2, 0.25) is 5.91 Å². The molecule has 0 bridgehead atoms. The Labute approximate surface area is 137 Å². The topological polar surface area (TPSA) is 44.4 Å². The fraction of sp³-hybridized carbons (Fsp3) is 0.533. The smallest absolute Gasteiger partial charge is 0.238 e. The van der Waals surface area contributed by atoms with Crippen LogP contribution in [0.4, 0.5) is 5.69 Å². The number of hydrogen-bond acceptors (Lipinski definition) is 4. The number of anilines is 1. The predicted octanol–water partition coefficient (Wildman–Crippen LogP) is 1.86. The molecule has 1 heterocycles. The van der Waals surface area contributed by atoms with E-state index in [-0.39, 0.29) is 18.3 Å². The molecule has 118 valence electrons. The molecule has 1 saturated heterocycles. The third-order valence-corrected chi connectivity index (χ3v) is 4.34. The first-order chi connectivity index (χ1) is 9.78.